The summed E-state index contributed by atoms with van der Waals surface area (Å²) in [4.78, 5) is 4.17. The lowest BCUT2D eigenvalue weighted by Crippen LogP contribution is -2.07. The molecule has 0 unspecified atom stereocenters. The summed E-state index contributed by atoms with van der Waals surface area (Å²) in [6, 6.07) is 0. The monoisotopic (exact) mass is 151 g/mol. The fourth-order valence-electron chi connectivity index (χ4n) is 1.09. The highest BCUT2D eigenvalue weighted by molar-refractivity contribution is 5.25. The summed E-state index contributed by atoms with van der Waals surface area (Å²) in [6.45, 7) is 1.09. The molecule has 0 spiro atoms. The van der Waals surface area contributed by atoms with Crippen LogP contribution in [0.4, 0.5) is 5.95 Å². The number of nitrogens with zero attached hydrogens (tertiary/aromatic N) is 2. The van der Waals surface area contributed by atoms with Gasteiger partial charge >= 0.3 is 0 Å². The molecule has 1 heterocycles. The number of rotatable bonds is 3. The maximum Gasteiger partial charge on any atom is 0.202 e. The smallest absolute Gasteiger partial charge is 0.202 e. The Morgan fingerprint density at radius 3 is 3.09 bits per heavy atom. The third kappa shape index (κ3) is 1.53. The molecule has 1 N–H and O–H groups in total. The van der Waals surface area contributed by atoms with Gasteiger partial charge in [-0.3, -0.25) is 0 Å². The van der Waals surface area contributed by atoms with E-state index >= 15 is 0 Å². The minimum atomic E-state index is 0.909. The van der Waals surface area contributed by atoms with Crippen LogP contribution in [-0.2, 0) is 7.05 Å². The predicted molar refractivity (Wildman–Crippen MR) is 44.4 cm³/mol. The van der Waals surface area contributed by atoms with E-state index in [9.17, 15) is 0 Å². The van der Waals surface area contributed by atoms with E-state index in [1.165, 1.54) is 12.8 Å². The Morgan fingerprint density at radius 1 is 1.73 bits per heavy atom. The van der Waals surface area contributed by atoms with E-state index in [-0.39, 0.29) is 0 Å². The average molecular weight is 151 g/mol. The van der Waals surface area contributed by atoms with Gasteiger partial charge in [0, 0.05) is 26.0 Å². The lowest BCUT2D eigenvalue weighted by molar-refractivity contribution is 0.841. The molecule has 1 aliphatic rings. The first-order valence-corrected chi connectivity index (χ1v) is 4.07. The molecule has 3 heteroatoms. The van der Waals surface area contributed by atoms with Crippen LogP contribution in [-0.4, -0.2) is 16.1 Å². The highest BCUT2D eigenvalue weighted by Gasteiger charge is 2.20. The van der Waals surface area contributed by atoms with Gasteiger partial charge in [0.2, 0.25) is 5.95 Å². The van der Waals surface area contributed by atoms with Gasteiger partial charge in [-0.05, 0) is 18.8 Å². The van der Waals surface area contributed by atoms with Crippen LogP contribution in [0.2, 0.25) is 0 Å². The molecule has 1 saturated carbocycles. The van der Waals surface area contributed by atoms with E-state index in [0.29, 0.717) is 0 Å². The van der Waals surface area contributed by atoms with Crippen molar-refractivity contribution in [3.05, 3.63) is 12.4 Å². The Morgan fingerprint density at radius 2 is 2.55 bits per heavy atom. The van der Waals surface area contributed by atoms with Gasteiger partial charge in [-0.2, -0.15) is 0 Å². The number of aryl methyl sites for hydroxylation is 1. The van der Waals surface area contributed by atoms with E-state index in [0.717, 1.165) is 18.4 Å². The number of anilines is 1. The van der Waals surface area contributed by atoms with Gasteiger partial charge in [-0.1, -0.05) is 0 Å². The second-order valence-electron chi connectivity index (χ2n) is 3.19. The Hall–Kier alpha value is -0.990. The number of hydrogen-bond acceptors (Lipinski definition) is 2. The van der Waals surface area contributed by atoms with Gasteiger partial charge in [0.15, 0.2) is 0 Å². The van der Waals surface area contributed by atoms with Crippen molar-refractivity contribution in [3.8, 4) is 0 Å². The van der Waals surface area contributed by atoms with Gasteiger partial charge in [0.05, 0.1) is 0 Å². The number of aromatic nitrogens is 2. The SMILES string of the molecule is Cn1ccnc1NCC1CC1. The molecule has 0 amide bonds. The second kappa shape index (κ2) is 2.57. The van der Waals surface area contributed by atoms with E-state index in [1.807, 2.05) is 24.0 Å². The van der Waals surface area contributed by atoms with Crippen LogP contribution in [0.15, 0.2) is 12.4 Å². The van der Waals surface area contributed by atoms with E-state index < -0.39 is 0 Å². The van der Waals surface area contributed by atoms with Crippen molar-refractivity contribution in [3.63, 3.8) is 0 Å². The zero-order valence-electron chi connectivity index (χ0n) is 6.75. The zero-order chi connectivity index (χ0) is 7.68. The summed E-state index contributed by atoms with van der Waals surface area (Å²) in [6.07, 6.45) is 6.54. The van der Waals surface area contributed by atoms with Gasteiger partial charge in [0.1, 0.15) is 0 Å². The number of hydrogen-bond donors (Lipinski definition) is 1. The highest BCUT2D eigenvalue weighted by atomic mass is 15.2. The van der Waals surface area contributed by atoms with Gasteiger partial charge < -0.3 is 9.88 Å². The standard InChI is InChI=1S/C8H13N3/c1-11-5-4-9-8(11)10-6-7-2-3-7/h4-5,7H,2-3,6H2,1H3,(H,9,10). The van der Waals surface area contributed by atoms with Crippen LogP contribution in [0, 0.1) is 5.92 Å². The van der Waals surface area contributed by atoms with Crippen molar-refractivity contribution >= 4 is 5.95 Å². The molecule has 1 aliphatic carbocycles. The highest BCUT2D eigenvalue weighted by Crippen LogP contribution is 2.28. The molecule has 1 fully saturated rings. The maximum atomic E-state index is 4.17. The number of nitrogens with one attached hydrogen (secondary N) is 1. The molecule has 0 aromatic carbocycles. The fraction of sp³-hybridized carbons (Fsp3) is 0.625. The van der Waals surface area contributed by atoms with Crippen molar-refractivity contribution in [1.82, 2.24) is 9.55 Å². The van der Waals surface area contributed by atoms with Crippen molar-refractivity contribution < 1.29 is 0 Å². The minimum Gasteiger partial charge on any atom is -0.355 e. The van der Waals surface area contributed by atoms with Crippen molar-refractivity contribution in [1.29, 1.82) is 0 Å². The molecule has 0 radical (unpaired) electrons. The van der Waals surface area contributed by atoms with E-state index in [4.69, 9.17) is 0 Å². The summed E-state index contributed by atoms with van der Waals surface area (Å²) < 4.78 is 2.00. The van der Waals surface area contributed by atoms with E-state index in [1.54, 1.807) is 0 Å². The molecule has 0 atom stereocenters. The Labute approximate surface area is 66.4 Å². The molecule has 3 nitrogen and oxygen atoms in total. The molecule has 0 aliphatic heterocycles. The molecular weight excluding hydrogens is 138 g/mol. The molecule has 60 valence electrons. The molecule has 0 saturated heterocycles. The predicted octanol–water partition coefficient (Wildman–Crippen LogP) is 1.24. The van der Waals surface area contributed by atoms with Crippen LogP contribution in [0.5, 0.6) is 0 Å². The lowest BCUT2D eigenvalue weighted by atomic mass is 10.4. The van der Waals surface area contributed by atoms with Gasteiger partial charge in [0.25, 0.3) is 0 Å². The number of imidazole rings is 1. The van der Waals surface area contributed by atoms with Crippen LogP contribution < -0.4 is 5.32 Å². The first-order chi connectivity index (χ1) is 5.36. The zero-order valence-corrected chi connectivity index (χ0v) is 6.75. The summed E-state index contributed by atoms with van der Waals surface area (Å²) >= 11 is 0. The Balaban J connectivity index is 1.89. The lowest BCUT2D eigenvalue weighted by Gasteiger charge is -2.03. The largest absolute Gasteiger partial charge is 0.355 e. The Kier molecular flexibility index (Phi) is 1.56. The third-order valence-corrected chi connectivity index (χ3v) is 2.07. The molecule has 1 aromatic rings. The summed E-state index contributed by atoms with van der Waals surface area (Å²) in [7, 11) is 2.00. The summed E-state index contributed by atoms with van der Waals surface area (Å²) in [5.74, 6) is 1.89. The molecular formula is C8H13N3. The maximum absolute atomic E-state index is 4.17. The van der Waals surface area contributed by atoms with Crippen molar-refractivity contribution in [2.24, 2.45) is 13.0 Å². The first kappa shape index (κ1) is 6.70. The third-order valence-electron chi connectivity index (χ3n) is 2.07. The molecule has 1 aromatic heterocycles. The van der Waals surface area contributed by atoms with Crippen molar-refractivity contribution in [2.75, 3.05) is 11.9 Å². The fourth-order valence-corrected chi connectivity index (χ4v) is 1.09. The van der Waals surface area contributed by atoms with E-state index in [2.05, 4.69) is 10.3 Å². The van der Waals surface area contributed by atoms with Crippen molar-refractivity contribution in [2.45, 2.75) is 12.8 Å². The van der Waals surface area contributed by atoms with Gasteiger partial charge in [-0.25, -0.2) is 4.98 Å². The first-order valence-electron chi connectivity index (χ1n) is 4.07. The Bertz CT molecular complexity index is 237. The molecule has 0 bridgehead atoms. The summed E-state index contributed by atoms with van der Waals surface area (Å²) in [5.41, 5.74) is 0. The van der Waals surface area contributed by atoms with Crippen LogP contribution in [0.25, 0.3) is 0 Å². The van der Waals surface area contributed by atoms with Crippen LogP contribution >= 0.6 is 0 Å². The van der Waals surface area contributed by atoms with Crippen LogP contribution in [0.1, 0.15) is 12.8 Å². The topological polar surface area (TPSA) is 29.9 Å². The normalized spacial score (nSPS) is 16.8. The molecule has 11 heavy (non-hydrogen) atoms. The van der Waals surface area contributed by atoms with Crippen LogP contribution in [0.3, 0.4) is 0 Å². The molecule has 2 rings (SSSR count). The second-order valence-corrected chi connectivity index (χ2v) is 3.19. The minimum absolute atomic E-state index is 0.909. The summed E-state index contributed by atoms with van der Waals surface area (Å²) in [5, 5.41) is 3.31. The quantitative estimate of drug-likeness (QED) is 0.704. The average Bonchev–Trinajstić information content (AvgIpc) is 2.73. The van der Waals surface area contributed by atoms with Gasteiger partial charge in [-0.15, -0.1) is 0 Å².